The van der Waals surface area contributed by atoms with Gasteiger partial charge in [0.25, 0.3) is 0 Å². The van der Waals surface area contributed by atoms with Crippen LogP contribution in [0.15, 0.2) is 35.5 Å². The van der Waals surface area contributed by atoms with Crippen molar-refractivity contribution in [3.05, 3.63) is 36.0 Å². The van der Waals surface area contributed by atoms with Crippen molar-refractivity contribution in [2.24, 2.45) is 12.0 Å². The Bertz CT molecular complexity index is 540. The van der Waals surface area contributed by atoms with Gasteiger partial charge in [0.2, 0.25) is 5.90 Å². The molecule has 2 heterocycles. The standard InChI is InChI=1S/C12H12N2O/c1-14-6-4-9-8-10(2-3-11(9)14)12-13-5-7-15-12/h2-4,6,8H,5,7H2,1H3. The molecule has 1 aliphatic rings. The molecule has 3 nitrogen and oxygen atoms in total. The predicted molar refractivity (Wildman–Crippen MR) is 60.3 cm³/mol. The summed E-state index contributed by atoms with van der Waals surface area (Å²) >= 11 is 0. The molecule has 0 radical (unpaired) electrons. The molecule has 15 heavy (non-hydrogen) atoms. The second-order valence-electron chi connectivity index (χ2n) is 3.74. The lowest BCUT2D eigenvalue weighted by Gasteiger charge is -2.02. The van der Waals surface area contributed by atoms with E-state index in [1.807, 2.05) is 7.05 Å². The van der Waals surface area contributed by atoms with Gasteiger partial charge in [-0.25, -0.2) is 4.99 Å². The third kappa shape index (κ3) is 1.31. The van der Waals surface area contributed by atoms with Crippen molar-refractivity contribution in [1.82, 2.24) is 4.57 Å². The number of rotatable bonds is 1. The van der Waals surface area contributed by atoms with Crippen LogP contribution in [0.5, 0.6) is 0 Å². The van der Waals surface area contributed by atoms with Crippen LogP contribution in [0.2, 0.25) is 0 Å². The molecule has 0 saturated carbocycles. The molecule has 3 rings (SSSR count). The van der Waals surface area contributed by atoms with Crippen molar-refractivity contribution in [1.29, 1.82) is 0 Å². The maximum Gasteiger partial charge on any atom is 0.216 e. The van der Waals surface area contributed by atoms with Gasteiger partial charge in [-0.05, 0) is 24.3 Å². The first-order valence-electron chi connectivity index (χ1n) is 5.07. The fraction of sp³-hybridized carbons (Fsp3) is 0.250. The molecule has 1 aliphatic heterocycles. The minimum atomic E-state index is 0.710. The number of fused-ring (bicyclic) bond motifs is 1. The number of aryl methyl sites for hydroxylation is 1. The highest BCUT2D eigenvalue weighted by molar-refractivity contribution is 5.98. The molecule has 1 aromatic carbocycles. The quantitative estimate of drug-likeness (QED) is 0.691. The van der Waals surface area contributed by atoms with Crippen LogP contribution in [-0.2, 0) is 11.8 Å². The van der Waals surface area contributed by atoms with E-state index in [2.05, 4.69) is 40.0 Å². The smallest absolute Gasteiger partial charge is 0.216 e. The van der Waals surface area contributed by atoms with Crippen molar-refractivity contribution < 1.29 is 4.74 Å². The van der Waals surface area contributed by atoms with Gasteiger partial charge in [-0.3, -0.25) is 0 Å². The van der Waals surface area contributed by atoms with E-state index in [1.165, 1.54) is 10.9 Å². The second-order valence-corrected chi connectivity index (χ2v) is 3.74. The van der Waals surface area contributed by atoms with E-state index in [4.69, 9.17) is 4.74 Å². The van der Waals surface area contributed by atoms with Crippen LogP contribution in [0.4, 0.5) is 0 Å². The number of benzene rings is 1. The van der Waals surface area contributed by atoms with Crippen molar-refractivity contribution in [3.8, 4) is 0 Å². The van der Waals surface area contributed by atoms with Gasteiger partial charge in [-0.15, -0.1) is 0 Å². The molecule has 2 aromatic rings. The van der Waals surface area contributed by atoms with Gasteiger partial charge in [-0.2, -0.15) is 0 Å². The summed E-state index contributed by atoms with van der Waals surface area (Å²) in [6.07, 6.45) is 2.06. The molecule has 3 heteroatoms. The first-order chi connectivity index (χ1) is 7.34. The summed E-state index contributed by atoms with van der Waals surface area (Å²) in [6.45, 7) is 1.49. The average molecular weight is 200 g/mol. The molecular formula is C12H12N2O. The van der Waals surface area contributed by atoms with E-state index < -0.39 is 0 Å². The summed E-state index contributed by atoms with van der Waals surface area (Å²) in [5.74, 6) is 0.778. The minimum absolute atomic E-state index is 0.710. The number of nitrogens with zero attached hydrogens (tertiary/aromatic N) is 2. The number of hydrogen-bond acceptors (Lipinski definition) is 2. The lowest BCUT2D eigenvalue weighted by molar-refractivity contribution is 0.348. The zero-order valence-corrected chi connectivity index (χ0v) is 8.60. The van der Waals surface area contributed by atoms with Gasteiger partial charge in [0.1, 0.15) is 6.61 Å². The zero-order valence-electron chi connectivity index (χ0n) is 8.60. The molecule has 0 aliphatic carbocycles. The van der Waals surface area contributed by atoms with E-state index in [0.717, 1.165) is 18.0 Å². The topological polar surface area (TPSA) is 26.5 Å². The number of hydrogen-bond donors (Lipinski definition) is 0. The molecule has 76 valence electrons. The van der Waals surface area contributed by atoms with Crippen LogP contribution >= 0.6 is 0 Å². The first kappa shape index (κ1) is 8.53. The average Bonchev–Trinajstić information content (AvgIpc) is 2.88. The summed E-state index contributed by atoms with van der Waals surface area (Å²) < 4.78 is 7.55. The van der Waals surface area contributed by atoms with Crippen LogP contribution in [0.3, 0.4) is 0 Å². The SMILES string of the molecule is Cn1ccc2cc(C3=NCCO3)ccc21. The summed E-state index contributed by atoms with van der Waals surface area (Å²) in [5.41, 5.74) is 2.31. The third-order valence-electron chi connectivity index (χ3n) is 2.72. The number of aliphatic imine (C=N–C) groups is 1. The largest absolute Gasteiger partial charge is 0.476 e. The summed E-state index contributed by atoms with van der Waals surface area (Å²) in [6, 6.07) is 8.40. The van der Waals surface area contributed by atoms with Gasteiger partial charge in [0, 0.05) is 29.7 Å². The number of ether oxygens (including phenoxy) is 1. The fourth-order valence-corrected chi connectivity index (χ4v) is 1.92. The normalized spacial score (nSPS) is 15.4. The van der Waals surface area contributed by atoms with Crippen molar-refractivity contribution in [3.63, 3.8) is 0 Å². The Balaban J connectivity index is 2.13. The molecule has 0 amide bonds. The predicted octanol–water partition coefficient (Wildman–Crippen LogP) is 1.96. The molecule has 0 bridgehead atoms. The van der Waals surface area contributed by atoms with Crippen molar-refractivity contribution in [2.45, 2.75) is 0 Å². The molecule has 0 spiro atoms. The van der Waals surface area contributed by atoms with Crippen molar-refractivity contribution in [2.75, 3.05) is 13.2 Å². The summed E-state index contributed by atoms with van der Waals surface area (Å²) in [7, 11) is 2.05. The first-order valence-corrected chi connectivity index (χ1v) is 5.07. The van der Waals surface area contributed by atoms with Crippen LogP contribution in [0.25, 0.3) is 10.9 Å². The molecule has 0 fully saturated rings. The van der Waals surface area contributed by atoms with E-state index >= 15 is 0 Å². The Morgan fingerprint density at radius 1 is 1.33 bits per heavy atom. The Kier molecular flexibility index (Phi) is 1.78. The lowest BCUT2D eigenvalue weighted by atomic mass is 10.1. The summed E-state index contributed by atoms with van der Waals surface area (Å²) in [4.78, 5) is 4.31. The Labute approximate surface area is 88.0 Å². The molecule has 1 aromatic heterocycles. The lowest BCUT2D eigenvalue weighted by Crippen LogP contribution is -2.00. The van der Waals surface area contributed by atoms with E-state index in [0.29, 0.717) is 6.61 Å². The van der Waals surface area contributed by atoms with Gasteiger partial charge in [0.05, 0.1) is 6.54 Å². The second kappa shape index (κ2) is 3.12. The number of aromatic nitrogens is 1. The third-order valence-corrected chi connectivity index (χ3v) is 2.72. The van der Waals surface area contributed by atoms with Crippen molar-refractivity contribution >= 4 is 16.8 Å². The maximum absolute atomic E-state index is 5.44. The molecule has 0 atom stereocenters. The highest BCUT2D eigenvalue weighted by Gasteiger charge is 2.10. The van der Waals surface area contributed by atoms with Gasteiger partial charge < -0.3 is 9.30 Å². The summed E-state index contributed by atoms with van der Waals surface area (Å²) in [5, 5.41) is 1.23. The van der Waals surface area contributed by atoms with Crippen LogP contribution in [-0.4, -0.2) is 23.6 Å². The molecular weight excluding hydrogens is 188 g/mol. The molecule has 0 N–H and O–H groups in total. The van der Waals surface area contributed by atoms with E-state index in [9.17, 15) is 0 Å². The van der Waals surface area contributed by atoms with Crippen LogP contribution in [0, 0.1) is 0 Å². The Hall–Kier alpha value is -1.77. The van der Waals surface area contributed by atoms with Gasteiger partial charge in [-0.1, -0.05) is 0 Å². The highest BCUT2D eigenvalue weighted by Crippen LogP contribution is 2.18. The molecule has 0 saturated heterocycles. The van der Waals surface area contributed by atoms with E-state index in [-0.39, 0.29) is 0 Å². The van der Waals surface area contributed by atoms with Gasteiger partial charge >= 0.3 is 0 Å². The van der Waals surface area contributed by atoms with E-state index in [1.54, 1.807) is 0 Å². The van der Waals surface area contributed by atoms with Crippen LogP contribution < -0.4 is 0 Å². The Morgan fingerprint density at radius 2 is 2.27 bits per heavy atom. The monoisotopic (exact) mass is 200 g/mol. The highest BCUT2D eigenvalue weighted by atomic mass is 16.5. The molecule has 0 unspecified atom stereocenters. The van der Waals surface area contributed by atoms with Gasteiger partial charge in [0.15, 0.2) is 0 Å². The van der Waals surface area contributed by atoms with Crippen LogP contribution in [0.1, 0.15) is 5.56 Å². The zero-order chi connectivity index (χ0) is 10.3. The Morgan fingerprint density at radius 3 is 3.07 bits per heavy atom. The fourth-order valence-electron chi connectivity index (χ4n) is 1.92. The minimum Gasteiger partial charge on any atom is -0.476 e. The maximum atomic E-state index is 5.44.